The van der Waals surface area contributed by atoms with Crippen LogP contribution >= 0.6 is 7.51 Å². The zero-order chi connectivity index (χ0) is 29.1. The van der Waals surface area contributed by atoms with E-state index in [2.05, 4.69) is 12.2 Å². The monoisotopic (exact) mass is 579 g/mol. The van der Waals surface area contributed by atoms with Crippen molar-refractivity contribution in [1.29, 1.82) is 0 Å². The van der Waals surface area contributed by atoms with E-state index in [-0.39, 0.29) is 0 Å². The van der Waals surface area contributed by atoms with Crippen molar-refractivity contribution in [3.8, 4) is 0 Å². The Morgan fingerprint density at radius 3 is 1.43 bits per heavy atom. The van der Waals surface area contributed by atoms with E-state index in [4.69, 9.17) is 18.1 Å². The summed E-state index contributed by atoms with van der Waals surface area (Å²) in [5, 5.41) is 3.52. The van der Waals surface area contributed by atoms with E-state index in [9.17, 15) is 9.59 Å². The van der Waals surface area contributed by atoms with Crippen LogP contribution in [0.2, 0.25) is 0 Å². The molecule has 2 aliphatic rings. The number of hydrogen-bond acceptors (Lipinski definition) is 7. The standard InChI is InChI=1S/C32H54NO6P/c1-6-7-8-9-10-11-12-13-14-15-16-17-18-19-23-26-33-28(27-24-21-20-22-25-27)40(36-29(34)31(2,3)38-40)37-30(35)32(4,5)39-40/h20-22,24-25,28,33H,6-19,23,26H2,1-5H3. The third-order valence-electron chi connectivity index (χ3n) is 7.92. The number of hydrogen-bond donors (Lipinski definition) is 1. The molecule has 1 spiro atoms. The molecule has 3 rings (SSSR count). The van der Waals surface area contributed by atoms with Crippen LogP contribution in [0.15, 0.2) is 30.3 Å². The quantitative estimate of drug-likeness (QED) is 0.129. The van der Waals surface area contributed by atoms with Crippen molar-refractivity contribution >= 4 is 19.4 Å². The van der Waals surface area contributed by atoms with Crippen LogP contribution in [0, 0.1) is 0 Å². The van der Waals surface area contributed by atoms with Crippen molar-refractivity contribution in [3.63, 3.8) is 0 Å². The fourth-order valence-electron chi connectivity index (χ4n) is 5.62. The van der Waals surface area contributed by atoms with Crippen LogP contribution in [-0.4, -0.2) is 29.7 Å². The molecule has 8 heteroatoms. The van der Waals surface area contributed by atoms with Crippen molar-refractivity contribution < 1.29 is 27.7 Å². The average molecular weight is 580 g/mol. The van der Waals surface area contributed by atoms with Crippen LogP contribution in [0.25, 0.3) is 0 Å². The van der Waals surface area contributed by atoms with Gasteiger partial charge in [-0.15, -0.1) is 0 Å². The van der Waals surface area contributed by atoms with Crippen molar-refractivity contribution in [2.45, 2.75) is 148 Å². The Bertz CT molecular complexity index is 914. The topological polar surface area (TPSA) is 83.1 Å². The van der Waals surface area contributed by atoms with Crippen LogP contribution in [0.1, 0.15) is 142 Å². The Balaban J connectivity index is 1.47. The van der Waals surface area contributed by atoms with E-state index < -0.39 is 36.4 Å². The predicted molar refractivity (Wildman–Crippen MR) is 162 cm³/mol. The molecule has 1 unspecified atom stereocenters. The van der Waals surface area contributed by atoms with E-state index in [0.717, 1.165) is 18.4 Å². The predicted octanol–water partition coefficient (Wildman–Crippen LogP) is 9.06. The summed E-state index contributed by atoms with van der Waals surface area (Å²) >= 11 is 0. The summed E-state index contributed by atoms with van der Waals surface area (Å²) in [6, 6.07) is 9.54. The zero-order valence-corrected chi connectivity index (χ0v) is 26.6. The van der Waals surface area contributed by atoms with E-state index in [1.165, 1.54) is 83.5 Å². The molecular weight excluding hydrogens is 525 g/mol. The normalized spacial score (nSPS) is 22.0. The van der Waals surface area contributed by atoms with Gasteiger partial charge in [-0.25, -0.2) is 0 Å². The van der Waals surface area contributed by atoms with Gasteiger partial charge in [-0.2, -0.15) is 0 Å². The number of benzene rings is 1. The minimum absolute atomic E-state index is 0.592. The molecule has 2 fully saturated rings. The van der Waals surface area contributed by atoms with Gasteiger partial charge >= 0.3 is 197 Å². The van der Waals surface area contributed by atoms with Gasteiger partial charge in [0.1, 0.15) is 0 Å². The second-order valence-electron chi connectivity index (χ2n) is 12.5. The van der Waals surface area contributed by atoms with Gasteiger partial charge in [-0.3, -0.25) is 0 Å². The van der Waals surface area contributed by atoms with Crippen molar-refractivity contribution in [2.75, 3.05) is 6.54 Å². The van der Waals surface area contributed by atoms with Gasteiger partial charge in [0.15, 0.2) is 0 Å². The molecule has 0 aliphatic carbocycles. The van der Waals surface area contributed by atoms with E-state index in [1.807, 2.05) is 30.3 Å². The second kappa shape index (κ2) is 14.6. The molecule has 2 aliphatic heterocycles. The van der Waals surface area contributed by atoms with Crippen molar-refractivity contribution in [3.05, 3.63) is 35.9 Å². The number of unbranched alkanes of at least 4 members (excludes halogenated alkanes) is 14. The molecule has 1 atom stereocenters. The molecule has 0 bridgehead atoms. The van der Waals surface area contributed by atoms with Gasteiger partial charge in [0.2, 0.25) is 0 Å². The summed E-state index contributed by atoms with van der Waals surface area (Å²) in [5.41, 5.74) is -1.82. The molecule has 1 aromatic rings. The van der Waals surface area contributed by atoms with E-state index in [0.29, 0.717) is 6.54 Å². The van der Waals surface area contributed by atoms with Crippen LogP contribution in [-0.2, 0) is 27.7 Å². The zero-order valence-electron chi connectivity index (χ0n) is 25.7. The van der Waals surface area contributed by atoms with Crippen molar-refractivity contribution in [1.82, 2.24) is 5.32 Å². The first-order chi connectivity index (χ1) is 19.0. The van der Waals surface area contributed by atoms with Gasteiger partial charge in [-0.1, -0.05) is 45.4 Å². The molecule has 228 valence electrons. The Morgan fingerprint density at radius 1 is 0.650 bits per heavy atom. The molecule has 1 N–H and O–H groups in total. The Morgan fingerprint density at radius 2 is 1.05 bits per heavy atom. The van der Waals surface area contributed by atoms with Gasteiger partial charge in [0.25, 0.3) is 0 Å². The summed E-state index contributed by atoms with van der Waals surface area (Å²) in [7, 11) is -4.72. The minimum atomic E-state index is -4.72. The second-order valence-corrected chi connectivity index (χ2v) is 15.5. The molecule has 7 nitrogen and oxygen atoms in total. The molecular formula is C32H54NO6P. The Kier molecular flexibility index (Phi) is 12.0. The molecule has 2 saturated heterocycles. The Hall–Kier alpha value is -1.53. The van der Waals surface area contributed by atoms with Gasteiger partial charge in [0.05, 0.1) is 0 Å². The molecule has 0 amide bonds. The maximum atomic E-state index is 12.9. The maximum absolute atomic E-state index is 12.9. The summed E-state index contributed by atoms with van der Waals surface area (Å²) in [6.45, 7) is 9.41. The van der Waals surface area contributed by atoms with Gasteiger partial charge < -0.3 is 0 Å². The summed E-state index contributed by atoms with van der Waals surface area (Å²) < 4.78 is 24.6. The number of nitrogens with one attached hydrogen (secondary N) is 1. The molecule has 0 saturated carbocycles. The van der Waals surface area contributed by atoms with Crippen LogP contribution in [0.3, 0.4) is 0 Å². The fraction of sp³-hybridized carbons (Fsp3) is 0.750. The van der Waals surface area contributed by atoms with E-state index in [1.54, 1.807) is 27.7 Å². The average Bonchev–Trinajstić information content (AvgIpc) is 3.23. The number of rotatable bonds is 19. The number of carbonyl (C=O) groups excluding carboxylic acids is 2. The summed E-state index contributed by atoms with van der Waals surface area (Å²) in [4.78, 5) is 25.9. The SMILES string of the molecule is CCCCCCCCCCCCCCCCCNC(c1ccccc1)P12(OC(=O)C(C)(C)O1)OC(=O)C(C)(C)O2. The first-order valence-corrected chi connectivity index (χ1v) is 17.7. The van der Waals surface area contributed by atoms with Crippen LogP contribution in [0.4, 0.5) is 0 Å². The number of carbonyl (C=O) groups is 2. The molecule has 0 aromatic heterocycles. The Labute approximate surface area is 242 Å². The van der Waals surface area contributed by atoms with Crippen LogP contribution < -0.4 is 5.32 Å². The van der Waals surface area contributed by atoms with Gasteiger partial charge in [0, 0.05) is 0 Å². The molecule has 0 radical (unpaired) electrons. The first kappa shape index (κ1) is 33.0. The van der Waals surface area contributed by atoms with E-state index >= 15 is 0 Å². The third-order valence-corrected chi connectivity index (χ3v) is 11.8. The molecule has 40 heavy (non-hydrogen) atoms. The fourth-order valence-corrected chi connectivity index (χ4v) is 10.2. The molecule has 2 heterocycles. The summed E-state index contributed by atoms with van der Waals surface area (Å²) in [5.74, 6) is -1.92. The molecule has 1 aromatic carbocycles. The summed E-state index contributed by atoms with van der Waals surface area (Å²) in [6.07, 6.45) is 19.5. The van der Waals surface area contributed by atoms with Crippen molar-refractivity contribution in [2.24, 2.45) is 0 Å². The van der Waals surface area contributed by atoms with Crippen LogP contribution in [0.5, 0.6) is 0 Å². The first-order valence-electron chi connectivity index (χ1n) is 15.8. The van der Waals surface area contributed by atoms with Gasteiger partial charge in [-0.05, 0) is 0 Å². The third kappa shape index (κ3) is 8.27.